The molecule has 6 aromatic rings. The van der Waals surface area contributed by atoms with Gasteiger partial charge in [0.15, 0.2) is 0 Å². The van der Waals surface area contributed by atoms with E-state index in [2.05, 4.69) is 48.0 Å². The zero-order chi connectivity index (χ0) is 27.7. The molecule has 0 unspecified atom stereocenters. The number of nitro benzene ring substituents is 1. The van der Waals surface area contributed by atoms with Crippen LogP contribution in [-0.2, 0) is 5.54 Å². The Hall–Kier alpha value is -5.36. The van der Waals surface area contributed by atoms with Crippen molar-refractivity contribution in [3.8, 4) is 11.3 Å². The third kappa shape index (κ3) is 4.07. The molecule has 2 heterocycles. The highest BCUT2D eigenvalue weighted by Crippen LogP contribution is 2.44. The topological polar surface area (TPSA) is 73.8 Å². The van der Waals surface area contributed by atoms with Gasteiger partial charge in [-0.25, -0.2) is 4.68 Å². The van der Waals surface area contributed by atoms with Gasteiger partial charge in [-0.2, -0.15) is 5.10 Å². The summed E-state index contributed by atoms with van der Waals surface area (Å²) in [5.41, 5.74) is 5.95. The monoisotopic (exact) mass is 522 g/mol. The second-order valence-corrected chi connectivity index (χ2v) is 9.74. The van der Waals surface area contributed by atoms with Crippen molar-refractivity contribution >= 4 is 22.2 Å². The summed E-state index contributed by atoms with van der Waals surface area (Å²) >= 11 is 0. The first-order valence-electron chi connectivity index (χ1n) is 13.0. The van der Waals surface area contributed by atoms with Crippen LogP contribution in [0.5, 0.6) is 0 Å². The van der Waals surface area contributed by atoms with Crippen LogP contribution in [0.3, 0.4) is 0 Å². The molecular formula is C34H26N4O2. The molecule has 6 nitrogen and oxygen atoms in total. The van der Waals surface area contributed by atoms with Gasteiger partial charge in [-0.1, -0.05) is 97.6 Å². The fourth-order valence-corrected chi connectivity index (χ4v) is 5.40. The Balaban J connectivity index is 1.79. The van der Waals surface area contributed by atoms with Crippen molar-refractivity contribution in [1.82, 2.24) is 14.8 Å². The molecule has 0 saturated carbocycles. The summed E-state index contributed by atoms with van der Waals surface area (Å²) in [7, 11) is 0. The van der Waals surface area contributed by atoms with Crippen molar-refractivity contribution in [1.29, 1.82) is 0 Å². The predicted octanol–water partition coefficient (Wildman–Crippen LogP) is 7.88. The minimum Gasteiger partial charge on any atom is -0.258 e. The van der Waals surface area contributed by atoms with Crippen LogP contribution in [0.1, 0.15) is 29.3 Å². The van der Waals surface area contributed by atoms with Gasteiger partial charge in [0.25, 0.3) is 5.69 Å². The highest BCUT2D eigenvalue weighted by Gasteiger charge is 2.41. The molecule has 40 heavy (non-hydrogen) atoms. The van der Waals surface area contributed by atoms with Crippen molar-refractivity contribution < 1.29 is 4.92 Å². The highest BCUT2D eigenvalue weighted by atomic mass is 16.6. The minimum absolute atomic E-state index is 0.00668. The largest absolute Gasteiger partial charge is 0.270 e. The quantitative estimate of drug-likeness (QED) is 0.121. The Morgan fingerprint density at radius 3 is 1.85 bits per heavy atom. The summed E-state index contributed by atoms with van der Waals surface area (Å²) in [6, 6.07) is 39.5. The zero-order valence-electron chi connectivity index (χ0n) is 21.9. The molecule has 0 aliphatic heterocycles. The van der Waals surface area contributed by atoms with E-state index < -0.39 is 5.54 Å². The average Bonchev–Trinajstić information content (AvgIpc) is 3.38. The number of aromatic nitrogens is 3. The fourth-order valence-electron chi connectivity index (χ4n) is 5.40. The summed E-state index contributed by atoms with van der Waals surface area (Å²) in [6.07, 6.45) is 1.72. The highest BCUT2D eigenvalue weighted by molar-refractivity contribution is 5.95. The number of hydrogen-bond acceptors (Lipinski definition) is 4. The number of nitrogens with zero attached hydrogens (tertiary/aromatic N) is 4. The number of pyridine rings is 1. The van der Waals surface area contributed by atoms with E-state index in [9.17, 15) is 10.1 Å². The van der Waals surface area contributed by atoms with Crippen molar-refractivity contribution in [2.75, 3.05) is 0 Å². The lowest BCUT2D eigenvalue weighted by Gasteiger charge is -2.37. The second-order valence-electron chi connectivity index (χ2n) is 9.74. The zero-order valence-corrected chi connectivity index (χ0v) is 21.9. The number of allylic oxidation sites excluding steroid dienone is 1. The maximum Gasteiger partial charge on any atom is 0.270 e. The smallest absolute Gasteiger partial charge is 0.258 e. The molecule has 0 atom stereocenters. The lowest BCUT2D eigenvalue weighted by molar-refractivity contribution is -0.384. The molecule has 0 spiro atoms. The molecular weight excluding hydrogens is 496 g/mol. The first kappa shape index (κ1) is 24.9. The molecule has 0 amide bonds. The van der Waals surface area contributed by atoms with Gasteiger partial charge >= 0.3 is 0 Å². The Bertz CT molecular complexity index is 1750. The molecule has 0 bridgehead atoms. The molecule has 0 aliphatic rings. The molecule has 6 rings (SSSR count). The van der Waals surface area contributed by atoms with Crippen molar-refractivity contribution in [3.63, 3.8) is 0 Å². The SMILES string of the molecule is C=C(C)c1cc(-c2nn(C(c3ccccc3)(c3ccccc3)c3ccccc3)c3ccc([N+](=O)[O-])cc23)ccn1. The number of nitro groups is 1. The number of non-ortho nitro benzene ring substituents is 1. The Morgan fingerprint density at radius 2 is 1.35 bits per heavy atom. The molecule has 4 aromatic carbocycles. The number of rotatable bonds is 7. The summed E-state index contributed by atoms with van der Waals surface area (Å²) in [6.45, 7) is 5.95. The van der Waals surface area contributed by atoms with E-state index in [4.69, 9.17) is 5.10 Å². The van der Waals surface area contributed by atoms with Crippen molar-refractivity contribution in [3.05, 3.63) is 167 Å². The first-order valence-corrected chi connectivity index (χ1v) is 13.0. The number of hydrogen-bond donors (Lipinski definition) is 0. The van der Waals surface area contributed by atoms with Crippen molar-refractivity contribution in [2.45, 2.75) is 12.5 Å². The van der Waals surface area contributed by atoms with Crippen LogP contribution >= 0.6 is 0 Å². The number of fused-ring (bicyclic) bond motifs is 1. The first-order chi connectivity index (χ1) is 19.5. The van der Waals surface area contributed by atoms with Gasteiger partial charge in [0, 0.05) is 29.3 Å². The lowest BCUT2D eigenvalue weighted by Crippen LogP contribution is -2.38. The summed E-state index contributed by atoms with van der Waals surface area (Å²) in [5, 5.41) is 17.8. The van der Waals surface area contributed by atoms with Crippen LogP contribution < -0.4 is 0 Å². The van der Waals surface area contributed by atoms with E-state index in [0.29, 0.717) is 11.1 Å². The van der Waals surface area contributed by atoms with Crippen molar-refractivity contribution in [2.24, 2.45) is 0 Å². The van der Waals surface area contributed by atoms with Crippen LogP contribution in [-0.4, -0.2) is 19.7 Å². The Labute approximate surface area is 232 Å². The average molecular weight is 523 g/mol. The normalized spacial score (nSPS) is 11.4. The second kappa shape index (κ2) is 10.1. The molecule has 0 saturated heterocycles. The lowest BCUT2D eigenvalue weighted by atomic mass is 9.77. The third-order valence-corrected chi connectivity index (χ3v) is 7.24. The summed E-state index contributed by atoms with van der Waals surface area (Å²) < 4.78 is 2.02. The number of benzene rings is 4. The van der Waals surface area contributed by atoms with E-state index in [1.807, 2.05) is 78.3 Å². The van der Waals surface area contributed by atoms with Gasteiger partial charge < -0.3 is 0 Å². The molecule has 0 fully saturated rings. The molecule has 6 heteroatoms. The standard InChI is InChI=1S/C34H26N4O2/c1-24(2)31-22-25(20-21-35-31)33-30-23-29(38(39)40)18-19-32(30)37(36-33)34(26-12-6-3-7-13-26,27-14-8-4-9-15-27)28-16-10-5-11-17-28/h3-23H,1H2,2H3. The molecule has 0 aliphatic carbocycles. The molecule has 0 radical (unpaired) electrons. The maximum absolute atomic E-state index is 11.9. The van der Waals surface area contributed by atoms with E-state index in [1.165, 1.54) is 0 Å². The Kier molecular flexibility index (Phi) is 6.28. The Morgan fingerprint density at radius 1 is 0.800 bits per heavy atom. The van der Waals surface area contributed by atoms with Crippen LogP contribution in [0.2, 0.25) is 0 Å². The fraction of sp³-hybridized carbons (Fsp3) is 0.0588. The summed E-state index contributed by atoms with van der Waals surface area (Å²) in [4.78, 5) is 15.9. The third-order valence-electron chi connectivity index (χ3n) is 7.24. The summed E-state index contributed by atoms with van der Waals surface area (Å²) in [5.74, 6) is 0. The minimum atomic E-state index is -0.874. The van der Waals surface area contributed by atoms with Gasteiger partial charge in [-0.15, -0.1) is 0 Å². The molecule has 194 valence electrons. The van der Waals surface area contributed by atoms with Crippen LogP contribution in [0.15, 0.2) is 134 Å². The van der Waals surface area contributed by atoms with Gasteiger partial charge in [0.1, 0.15) is 11.2 Å². The molecule has 2 aromatic heterocycles. The van der Waals surface area contributed by atoms with Gasteiger partial charge in [-0.3, -0.25) is 15.1 Å². The van der Waals surface area contributed by atoms with Gasteiger partial charge in [0.2, 0.25) is 0 Å². The van der Waals surface area contributed by atoms with E-state index >= 15 is 0 Å². The van der Waals surface area contributed by atoms with E-state index in [0.717, 1.165) is 39.0 Å². The van der Waals surface area contributed by atoms with Crippen LogP contribution in [0, 0.1) is 10.1 Å². The maximum atomic E-state index is 11.9. The van der Waals surface area contributed by atoms with E-state index in [1.54, 1.807) is 24.4 Å². The van der Waals surface area contributed by atoms with Crippen LogP contribution in [0.4, 0.5) is 5.69 Å². The van der Waals surface area contributed by atoms with Gasteiger partial charge in [-0.05, 0) is 47.4 Å². The predicted molar refractivity (Wildman–Crippen MR) is 159 cm³/mol. The van der Waals surface area contributed by atoms with Gasteiger partial charge in [0.05, 0.1) is 16.1 Å². The van der Waals surface area contributed by atoms with E-state index in [-0.39, 0.29) is 10.6 Å². The molecule has 0 N–H and O–H groups in total. The van der Waals surface area contributed by atoms with Crippen LogP contribution in [0.25, 0.3) is 27.7 Å².